The molecule has 0 spiro atoms. The van der Waals surface area contributed by atoms with Gasteiger partial charge in [-0.3, -0.25) is 9.78 Å². The van der Waals surface area contributed by atoms with Gasteiger partial charge in [0.2, 0.25) is 0 Å². The average molecular weight is 352 g/mol. The topological polar surface area (TPSA) is 68.3 Å². The van der Waals surface area contributed by atoms with E-state index in [0.717, 1.165) is 12.1 Å². The first-order valence-electron chi connectivity index (χ1n) is 8.77. The summed E-state index contributed by atoms with van der Waals surface area (Å²) < 4.78 is 5.29. The van der Waals surface area contributed by atoms with Crippen molar-refractivity contribution in [1.29, 1.82) is 0 Å². The van der Waals surface area contributed by atoms with Crippen molar-refractivity contribution in [3.05, 3.63) is 65.3 Å². The van der Waals surface area contributed by atoms with Crippen LogP contribution in [0.4, 0.5) is 0 Å². The summed E-state index contributed by atoms with van der Waals surface area (Å²) in [6.07, 6.45) is 4.41. The molecule has 0 aromatic carbocycles. The Kier molecular flexibility index (Phi) is 4.81. The van der Waals surface area contributed by atoms with E-state index in [4.69, 9.17) is 4.74 Å². The molecule has 0 saturated heterocycles. The minimum atomic E-state index is -0.506. The second kappa shape index (κ2) is 6.90. The maximum atomic E-state index is 13.0. The number of Topliss-reactive ketones (excluding diaryl/α,β-unsaturated/α-hetero) is 1. The Bertz CT molecular complexity index is 819. The Hall–Kier alpha value is -2.69. The predicted molar refractivity (Wildman–Crippen MR) is 99.0 cm³/mol. The highest BCUT2D eigenvalue weighted by molar-refractivity contribution is 6.04. The minimum absolute atomic E-state index is 0.0564. The van der Waals surface area contributed by atoms with Gasteiger partial charge in [0.25, 0.3) is 0 Å². The molecule has 0 radical (unpaired) electrons. The highest BCUT2D eigenvalue weighted by Crippen LogP contribution is 2.46. The Morgan fingerprint density at radius 3 is 2.85 bits per heavy atom. The number of ketones is 1. The quantitative estimate of drug-likeness (QED) is 0.664. The number of nitrogens with zero attached hydrogens (tertiary/aromatic N) is 1. The Labute approximate surface area is 153 Å². The monoisotopic (exact) mass is 352 g/mol. The highest BCUT2D eigenvalue weighted by Gasteiger charge is 2.43. The molecular weight excluding hydrogens is 328 g/mol. The van der Waals surface area contributed by atoms with Crippen LogP contribution in [-0.2, 0) is 14.3 Å². The fourth-order valence-electron chi connectivity index (χ4n) is 3.76. The van der Waals surface area contributed by atoms with Crippen molar-refractivity contribution < 1.29 is 14.3 Å². The Morgan fingerprint density at radius 1 is 1.42 bits per heavy atom. The van der Waals surface area contributed by atoms with Crippen molar-refractivity contribution in [2.75, 3.05) is 6.61 Å². The molecule has 1 aromatic heterocycles. The summed E-state index contributed by atoms with van der Waals surface area (Å²) in [6, 6.07) is 5.53. The number of hydrogen-bond donors (Lipinski definition) is 1. The number of ether oxygens (including phenoxy) is 1. The van der Waals surface area contributed by atoms with Gasteiger partial charge in [0, 0.05) is 29.6 Å². The van der Waals surface area contributed by atoms with Crippen molar-refractivity contribution in [1.82, 2.24) is 10.3 Å². The maximum absolute atomic E-state index is 13.0. The third-order valence-electron chi connectivity index (χ3n) is 4.78. The van der Waals surface area contributed by atoms with Crippen molar-refractivity contribution >= 4 is 11.8 Å². The third-order valence-corrected chi connectivity index (χ3v) is 4.78. The number of allylic oxidation sites excluding steroid dienone is 3. The summed E-state index contributed by atoms with van der Waals surface area (Å²) in [5.41, 5.74) is 3.24. The molecule has 1 unspecified atom stereocenters. The molecule has 136 valence electrons. The summed E-state index contributed by atoms with van der Waals surface area (Å²) >= 11 is 0. The average Bonchev–Trinajstić information content (AvgIpc) is 2.58. The van der Waals surface area contributed by atoms with Crippen LogP contribution < -0.4 is 5.32 Å². The molecule has 2 aliphatic rings. The third kappa shape index (κ3) is 3.34. The summed E-state index contributed by atoms with van der Waals surface area (Å²) in [7, 11) is 0. The lowest BCUT2D eigenvalue weighted by Gasteiger charge is -2.39. The molecule has 5 heteroatoms. The number of carbonyl (C=O) groups excluding carboxylic acids is 2. The van der Waals surface area contributed by atoms with E-state index in [1.807, 2.05) is 25.1 Å². The van der Waals surface area contributed by atoms with E-state index in [9.17, 15) is 9.59 Å². The molecule has 3 rings (SSSR count). The van der Waals surface area contributed by atoms with E-state index >= 15 is 0 Å². The lowest BCUT2D eigenvalue weighted by Crippen LogP contribution is -2.38. The van der Waals surface area contributed by atoms with E-state index in [0.29, 0.717) is 29.0 Å². The smallest absolute Gasteiger partial charge is 0.337 e. The van der Waals surface area contributed by atoms with Gasteiger partial charge in [-0.25, -0.2) is 4.79 Å². The van der Waals surface area contributed by atoms with E-state index in [2.05, 4.69) is 30.7 Å². The van der Waals surface area contributed by atoms with Crippen LogP contribution in [0, 0.1) is 5.41 Å². The molecular formula is C21H24N2O3. The predicted octanol–water partition coefficient (Wildman–Crippen LogP) is 3.41. The first-order valence-corrected chi connectivity index (χ1v) is 8.77. The molecule has 0 amide bonds. The number of esters is 1. The van der Waals surface area contributed by atoms with Gasteiger partial charge >= 0.3 is 5.97 Å². The van der Waals surface area contributed by atoms with Crippen LogP contribution in [0.2, 0.25) is 0 Å². The van der Waals surface area contributed by atoms with Crippen LogP contribution in [0.5, 0.6) is 0 Å². The van der Waals surface area contributed by atoms with Crippen LogP contribution in [0.15, 0.2) is 59.6 Å². The molecule has 2 heterocycles. The summed E-state index contributed by atoms with van der Waals surface area (Å²) in [5.74, 6) is -0.899. The summed E-state index contributed by atoms with van der Waals surface area (Å²) in [6.45, 7) is 9.71. The first kappa shape index (κ1) is 18.1. The first-order chi connectivity index (χ1) is 12.3. The Balaban J connectivity index is 2.13. The highest BCUT2D eigenvalue weighted by atomic mass is 16.5. The van der Waals surface area contributed by atoms with Crippen LogP contribution in [0.25, 0.3) is 0 Å². The van der Waals surface area contributed by atoms with Gasteiger partial charge in [0.1, 0.15) is 6.61 Å². The summed E-state index contributed by atoms with van der Waals surface area (Å²) in [4.78, 5) is 30.2. The number of carbonyl (C=O) groups is 2. The van der Waals surface area contributed by atoms with Crippen LogP contribution in [-0.4, -0.2) is 23.3 Å². The zero-order valence-electron chi connectivity index (χ0n) is 15.5. The van der Waals surface area contributed by atoms with E-state index in [-0.39, 0.29) is 17.8 Å². The molecule has 1 aliphatic heterocycles. The normalized spacial score (nSPS) is 21.8. The number of nitrogens with one attached hydrogen (secondary N) is 1. The zero-order chi connectivity index (χ0) is 18.9. The van der Waals surface area contributed by atoms with E-state index in [1.54, 1.807) is 6.20 Å². The lowest BCUT2D eigenvalue weighted by atomic mass is 9.69. The van der Waals surface area contributed by atoms with Crippen LogP contribution in [0.1, 0.15) is 45.2 Å². The number of dihydropyridines is 1. The molecule has 1 aliphatic carbocycles. The summed E-state index contributed by atoms with van der Waals surface area (Å²) in [5, 5.41) is 3.30. The maximum Gasteiger partial charge on any atom is 0.337 e. The van der Waals surface area contributed by atoms with E-state index in [1.165, 1.54) is 6.08 Å². The zero-order valence-corrected chi connectivity index (χ0v) is 15.5. The molecule has 1 atom stereocenters. The van der Waals surface area contributed by atoms with Gasteiger partial charge < -0.3 is 10.1 Å². The fraction of sp³-hybridized carbons (Fsp3) is 0.381. The van der Waals surface area contributed by atoms with E-state index < -0.39 is 11.9 Å². The molecule has 0 fully saturated rings. The van der Waals surface area contributed by atoms with Crippen LogP contribution in [0.3, 0.4) is 0 Å². The van der Waals surface area contributed by atoms with Crippen molar-refractivity contribution in [2.45, 2.75) is 39.5 Å². The van der Waals surface area contributed by atoms with Gasteiger partial charge in [0.15, 0.2) is 5.78 Å². The van der Waals surface area contributed by atoms with Gasteiger partial charge in [-0.15, -0.1) is 0 Å². The second-order valence-electron chi connectivity index (χ2n) is 7.57. The number of aromatic nitrogens is 1. The van der Waals surface area contributed by atoms with Crippen molar-refractivity contribution in [2.24, 2.45) is 5.41 Å². The number of pyridine rings is 1. The fourth-order valence-corrected chi connectivity index (χ4v) is 3.76. The molecule has 0 saturated carbocycles. The minimum Gasteiger partial charge on any atom is -0.458 e. The SMILES string of the molecule is C=CCOC(=O)C1=C(C)NC2=C(C(=O)CC(C)(C)C2)C1c1ccccn1. The molecule has 1 N–H and O–H groups in total. The lowest BCUT2D eigenvalue weighted by molar-refractivity contribution is -0.138. The Morgan fingerprint density at radius 2 is 2.19 bits per heavy atom. The van der Waals surface area contributed by atoms with Crippen LogP contribution >= 0.6 is 0 Å². The molecule has 26 heavy (non-hydrogen) atoms. The van der Waals surface area contributed by atoms with Gasteiger partial charge in [-0.1, -0.05) is 32.6 Å². The van der Waals surface area contributed by atoms with Crippen molar-refractivity contribution in [3.63, 3.8) is 0 Å². The second-order valence-corrected chi connectivity index (χ2v) is 7.57. The standard InChI is InChI=1S/C21H24N2O3/c1-5-10-26-20(25)17-13(2)23-15-11-21(3,4)12-16(24)18(15)19(17)14-8-6-7-9-22-14/h5-9,19,23H,1,10-12H2,2-4H3. The van der Waals surface area contributed by atoms with Gasteiger partial charge in [-0.2, -0.15) is 0 Å². The molecule has 1 aromatic rings. The molecule has 0 bridgehead atoms. The van der Waals surface area contributed by atoms with Crippen molar-refractivity contribution in [3.8, 4) is 0 Å². The number of hydrogen-bond acceptors (Lipinski definition) is 5. The molecule has 5 nitrogen and oxygen atoms in total. The number of rotatable bonds is 4. The van der Waals surface area contributed by atoms with Gasteiger partial charge in [-0.05, 0) is 30.9 Å². The van der Waals surface area contributed by atoms with Gasteiger partial charge in [0.05, 0.1) is 17.2 Å². The largest absolute Gasteiger partial charge is 0.458 e.